The Morgan fingerprint density at radius 1 is 1.22 bits per heavy atom. The standard InChI is InChI=1S/C14H18N2OS/c1-11-12(2)17-14(16-11)18-9-8-15-10-13-6-4-3-5-7-13/h3-7,15H,8-10H2,1-2H3. The molecule has 0 atom stereocenters. The molecular formula is C14H18N2OS. The number of aromatic nitrogens is 1. The van der Waals surface area contributed by atoms with Crippen molar-refractivity contribution in [2.75, 3.05) is 12.3 Å². The lowest BCUT2D eigenvalue weighted by atomic mass is 10.2. The van der Waals surface area contributed by atoms with Crippen LogP contribution in [0.5, 0.6) is 0 Å². The second-order valence-electron chi connectivity index (χ2n) is 4.13. The van der Waals surface area contributed by atoms with Gasteiger partial charge in [0, 0.05) is 18.8 Å². The van der Waals surface area contributed by atoms with Crippen molar-refractivity contribution in [3.63, 3.8) is 0 Å². The van der Waals surface area contributed by atoms with Gasteiger partial charge in [0.2, 0.25) is 0 Å². The van der Waals surface area contributed by atoms with Gasteiger partial charge in [0.05, 0.1) is 5.69 Å². The van der Waals surface area contributed by atoms with Gasteiger partial charge in [-0.1, -0.05) is 42.1 Å². The van der Waals surface area contributed by atoms with Crippen LogP contribution < -0.4 is 5.32 Å². The first kappa shape index (κ1) is 13.2. The first-order chi connectivity index (χ1) is 8.75. The highest BCUT2D eigenvalue weighted by Gasteiger charge is 2.05. The normalized spacial score (nSPS) is 10.8. The molecule has 0 aliphatic carbocycles. The molecule has 18 heavy (non-hydrogen) atoms. The summed E-state index contributed by atoms with van der Waals surface area (Å²) in [4.78, 5) is 4.33. The van der Waals surface area contributed by atoms with E-state index >= 15 is 0 Å². The van der Waals surface area contributed by atoms with Crippen molar-refractivity contribution in [1.29, 1.82) is 0 Å². The van der Waals surface area contributed by atoms with Crippen LogP contribution in [-0.4, -0.2) is 17.3 Å². The lowest BCUT2D eigenvalue weighted by Crippen LogP contribution is -2.16. The van der Waals surface area contributed by atoms with Gasteiger partial charge in [-0.15, -0.1) is 0 Å². The Morgan fingerprint density at radius 3 is 2.67 bits per heavy atom. The maximum atomic E-state index is 5.50. The van der Waals surface area contributed by atoms with Crippen molar-refractivity contribution >= 4 is 11.8 Å². The summed E-state index contributed by atoms with van der Waals surface area (Å²) in [6.45, 7) is 5.77. The van der Waals surface area contributed by atoms with E-state index in [0.29, 0.717) is 0 Å². The van der Waals surface area contributed by atoms with Crippen LogP contribution in [-0.2, 0) is 6.54 Å². The zero-order chi connectivity index (χ0) is 12.8. The van der Waals surface area contributed by atoms with E-state index in [9.17, 15) is 0 Å². The molecule has 0 spiro atoms. The average Bonchev–Trinajstić information content (AvgIpc) is 2.70. The summed E-state index contributed by atoms with van der Waals surface area (Å²) in [6.07, 6.45) is 0. The average molecular weight is 262 g/mol. The molecule has 1 heterocycles. The summed E-state index contributed by atoms with van der Waals surface area (Å²) in [5.74, 6) is 1.88. The van der Waals surface area contributed by atoms with E-state index in [1.165, 1.54) is 5.56 Å². The van der Waals surface area contributed by atoms with Crippen molar-refractivity contribution in [2.24, 2.45) is 0 Å². The van der Waals surface area contributed by atoms with Crippen molar-refractivity contribution in [2.45, 2.75) is 25.6 Å². The van der Waals surface area contributed by atoms with Gasteiger partial charge >= 0.3 is 0 Å². The Balaban J connectivity index is 1.64. The Hall–Kier alpha value is -1.26. The number of hydrogen-bond donors (Lipinski definition) is 1. The highest BCUT2D eigenvalue weighted by Crippen LogP contribution is 2.19. The molecule has 0 unspecified atom stereocenters. The van der Waals surface area contributed by atoms with Gasteiger partial charge in [-0.05, 0) is 19.4 Å². The largest absolute Gasteiger partial charge is 0.437 e. The smallest absolute Gasteiger partial charge is 0.256 e. The van der Waals surface area contributed by atoms with E-state index in [1.54, 1.807) is 11.8 Å². The Kier molecular flexibility index (Phi) is 4.84. The lowest BCUT2D eigenvalue weighted by Gasteiger charge is -2.03. The number of rotatable bonds is 6. The van der Waals surface area contributed by atoms with Gasteiger partial charge < -0.3 is 9.73 Å². The van der Waals surface area contributed by atoms with Crippen LogP contribution >= 0.6 is 11.8 Å². The second kappa shape index (κ2) is 6.61. The number of thioether (sulfide) groups is 1. The van der Waals surface area contributed by atoms with Crippen LogP contribution in [0.1, 0.15) is 17.0 Å². The minimum Gasteiger partial charge on any atom is -0.437 e. The molecule has 0 amide bonds. The van der Waals surface area contributed by atoms with Crippen molar-refractivity contribution < 1.29 is 4.42 Å². The first-order valence-electron chi connectivity index (χ1n) is 6.07. The SMILES string of the molecule is Cc1nc(SCCNCc2ccccc2)oc1C. The number of aryl methyl sites for hydroxylation is 2. The molecule has 1 N–H and O–H groups in total. The van der Waals surface area contributed by atoms with E-state index in [4.69, 9.17) is 4.42 Å². The summed E-state index contributed by atoms with van der Waals surface area (Å²) >= 11 is 1.65. The van der Waals surface area contributed by atoms with E-state index in [-0.39, 0.29) is 0 Å². The molecule has 2 rings (SSSR count). The molecule has 0 bridgehead atoms. The molecule has 0 radical (unpaired) electrons. The Morgan fingerprint density at radius 2 is 2.00 bits per heavy atom. The molecule has 0 fully saturated rings. The number of benzene rings is 1. The molecule has 4 heteroatoms. The van der Waals surface area contributed by atoms with E-state index in [1.807, 2.05) is 19.9 Å². The van der Waals surface area contributed by atoms with Crippen LogP contribution in [0.15, 0.2) is 40.0 Å². The number of nitrogens with zero attached hydrogens (tertiary/aromatic N) is 1. The molecule has 96 valence electrons. The van der Waals surface area contributed by atoms with E-state index in [0.717, 1.165) is 35.5 Å². The Bertz CT molecular complexity index is 462. The van der Waals surface area contributed by atoms with E-state index < -0.39 is 0 Å². The highest BCUT2D eigenvalue weighted by molar-refractivity contribution is 7.99. The maximum Gasteiger partial charge on any atom is 0.256 e. The molecular weight excluding hydrogens is 244 g/mol. The highest BCUT2D eigenvalue weighted by atomic mass is 32.2. The summed E-state index contributed by atoms with van der Waals surface area (Å²) in [5, 5.41) is 4.17. The molecule has 2 aromatic rings. The third kappa shape index (κ3) is 3.89. The monoisotopic (exact) mass is 262 g/mol. The predicted octanol–water partition coefficient (Wildman–Crippen LogP) is 3.17. The lowest BCUT2D eigenvalue weighted by molar-refractivity contribution is 0.431. The van der Waals surface area contributed by atoms with Crippen LogP contribution in [0, 0.1) is 13.8 Å². The van der Waals surface area contributed by atoms with Crippen LogP contribution in [0.3, 0.4) is 0 Å². The van der Waals surface area contributed by atoms with Crippen LogP contribution in [0.4, 0.5) is 0 Å². The molecule has 0 saturated carbocycles. The quantitative estimate of drug-likeness (QED) is 0.641. The third-order valence-corrected chi connectivity index (χ3v) is 3.52. The van der Waals surface area contributed by atoms with Gasteiger partial charge in [0.15, 0.2) is 0 Å². The fourth-order valence-electron chi connectivity index (χ4n) is 1.54. The number of oxazole rings is 1. The minimum atomic E-state index is 0.770. The summed E-state index contributed by atoms with van der Waals surface area (Å²) in [7, 11) is 0. The third-order valence-electron chi connectivity index (χ3n) is 2.69. The predicted molar refractivity (Wildman–Crippen MR) is 74.8 cm³/mol. The molecule has 0 aliphatic heterocycles. The van der Waals surface area contributed by atoms with Gasteiger partial charge in [-0.3, -0.25) is 0 Å². The van der Waals surface area contributed by atoms with Crippen LogP contribution in [0.2, 0.25) is 0 Å². The van der Waals surface area contributed by atoms with Crippen molar-refractivity contribution in [3.8, 4) is 0 Å². The van der Waals surface area contributed by atoms with Gasteiger partial charge in [0.25, 0.3) is 5.22 Å². The zero-order valence-corrected chi connectivity index (χ0v) is 11.6. The molecule has 1 aromatic heterocycles. The van der Waals surface area contributed by atoms with Crippen molar-refractivity contribution in [3.05, 3.63) is 47.3 Å². The molecule has 0 saturated heterocycles. The molecule has 1 aromatic carbocycles. The summed E-state index contributed by atoms with van der Waals surface area (Å²) < 4.78 is 5.50. The Labute approximate surface area is 112 Å². The molecule has 0 aliphatic rings. The van der Waals surface area contributed by atoms with Crippen LogP contribution in [0.25, 0.3) is 0 Å². The fraction of sp³-hybridized carbons (Fsp3) is 0.357. The molecule has 3 nitrogen and oxygen atoms in total. The fourth-order valence-corrected chi connectivity index (χ4v) is 2.35. The maximum absolute atomic E-state index is 5.50. The minimum absolute atomic E-state index is 0.770. The van der Waals surface area contributed by atoms with Gasteiger partial charge in [-0.25, -0.2) is 4.98 Å². The topological polar surface area (TPSA) is 38.1 Å². The summed E-state index contributed by atoms with van der Waals surface area (Å²) in [6, 6.07) is 10.4. The van der Waals surface area contributed by atoms with Gasteiger partial charge in [0.1, 0.15) is 5.76 Å². The van der Waals surface area contributed by atoms with Crippen molar-refractivity contribution in [1.82, 2.24) is 10.3 Å². The summed E-state index contributed by atoms with van der Waals surface area (Å²) in [5.41, 5.74) is 2.29. The number of nitrogens with one attached hydrogen (secondary N) is 1. The number of hydrogen-bond acceptors (Lipinski definition) is 4. The zero-order valence-electron chi connectivity index (χ0n) is 10.8. The second-order valence-corrected chi connectivity index (χ2v) is 5.18. The van der Waals surface area contributed by atoms with E-state index in [2.05, 4.69) is 34.6 Å². The first-order valence-corrected chi connectivity index (χ1v) is 7.06. The van der Waals surface area contributed by atoms with Gasteiger partial charge in [-0.2, -0.15) is 0 Å².